The number of likely N-dealkylation sites (tertiary alicyclic amines) is 1. The molecule has 1 saturated carbocycles. The van der Waals surface area contributed by atoms with Gasteiger partial charge in [-0.05, 0) is 55.5 Å². The number of benzene rings is 1. The Morgan fingerprint density at radius 3 is 2.62 bits per heavy atom. The number of aromatic nitrogens is 3. The van der Waals surface area contributed by atoms with Gasteiger partial charge in [-0.2, -0.15) is 0 Å². The van der Waals surface area contributed by atoms with Crippen molar-refractivity contribution in [2.45, 2.75) is 32.1 Å². The predicted molar refractivity (Wildman–Crippen MR) is 121 cm³/mol. The van der Waals surface area contributed by atoms with Gasteiger partial charge in [-0.3, -0.25) is 9.78 Å². The quantitative estimate of drug-likeness (QED) is 0.629. The van der Waals surface area contributed by atoms with Crippen molar-refractivity contribution in [3.8, 4) is 11.3 Å². The highest BCUT2D eigenvalue weighted by molar-refractivity contribution is 5.81. The first-order valence-corrected chi connectivity index (χ1v) is 11.2. The zero-order chi connectivity index (χ0) is 22.1. The van der Waals surface area contributed by atoms with Crippen LogP contribution in [0.4, 0.5) is 15.9 Å². The number of amides is 1. The summed E-state index contributed by atoms with van der Waals surface area (Å²) in [6.07, 6.45) is 6.19. The molecule has 1 saturated heterocycles. The molecule has 2 atom stereocenters. The summed E-state index contributed by atoms with van der Waals surface area (Å²) in [6.45, 7) is 3.61. The summed E-state index contributed by atoms with van der Waals surface area (Å²) in [4.78, 5) is 28.4. The van der Waals surface area contributed by atoms with Crippen molar-refractivity contribution in [1.82, 2.24) is 19.9 Å². The molecule has 0 bridgehead atoms. The Kier molecular flexibility index (Phi) is 5.55. The SMILES string of the molecule is C[C@H]1C[C@@H]1C(=O)N1CCC(c2nc(Nc3cccc(F)c3)cc(-c3cccnc3)n2)CC1. The zero-order valence-corrected chi connectivity index (χ0v) is 18.0. The fourth-order valence-corrected chi connectivity index (χ4v) is 4.35. The topological polar surface area (TPSA) is 71.0 Å². The number of halogens is 1. The number of hydrogen-bond donors (Lipinski definition) is 1. The number of carbonyl (C=O) groups excluding carboxylic acids is 1. The van der Waals surface area contributed by atoms with Crippen LogP contribution in [-0.4, -0.2) is 38.8 Å². The van der Waals surface area contributed by atoms with Gasteiger partial charge in [0, 0.05) is 54.6 Å². The van der Waals surface area contributed by atoms with Gasteiger partial charge in [-0.1, -0.05) is 13.0 Å². The van der Waals surface area contributed by atoms with Gasteiger partial charge >= 0.3 is 0 Å². The van der Waals surface area contributed by atoms with Crippen LogP contribution in [0, 0.1) is 17.7 Å². The van der Waals surface area contributed by atoms with E-state index in [-0.39, 0.29) is 17.7 Å². The Hall–Kier alpha value is -3.35. The first-order chi connectivity index (χ1) is 15.6. The summed E-state index contributed by atoms with van der Waals surface area (Å²) >= 11 is 0. The Bertz CT molecular complexity index is 1110. The molecule has 1 aromatic carbocycles. The molecule has 1 N–H and O–H groups in total. The molecule has 32 heavy (non-hydrogen) atoms. The molecule has 0 spiro atoms. The maximum Gasteiger partial charge on any atom is 0.225 e. The standard InChI is InChI=1S/C25H26FN5O/c1-16-12-21(16)25(32)31-10-7-17(8-11-31)24-29-22(18-4-3-9-27-15-18)14-23(30-24)28-20-6-2-5-19(26)13-20/h2-6,9,13-17,21H,7-8,10-12H2,1H3,(H,28,29,30)/t16-,21-/m0/s1. The van der Waals surface area contributed by atoms with Crippen LogP contribution in [0.2, 0.25) is 0 Å². The van der Waals surface area contributed by atoms with Gasteiger partial charge in [-0.15, -0.1) is 0 Å². The molecule has 2 fully saturated rings. The van der Waals surface area contributed by atoms with E-state index < -0.39 is 0 Å². The van der Waals surface area contributed by atoms with E-state index >= 15 is 0 Å². The number of pyridine rings is 1. The molecule has 0 radical (unpaired) electrons. The van der Waals surface area contributed by atoms with Crippen molar-refractivity contribution in [2.75, 3.05) is 18.4 Å². The molecule has 1 aliphatic carbocycles. The molecule has 164 valence electrons. The smallest absolute Gasteiger partial charge is 0.225 e. The average Bonchev–Trinajstić information content (AvgIpc) is 3.55. The second-order valence-corrected chi connectivity index (χ2v) is 8.79. The number of rotatable bonds is 5. The number of piperidine rings is 1. The van der Waals surface area contributed by atoms with Crippen molar-refractivity contribution in [2.24, 2.45) is 11.8 Å². The molecule has 2 aromatic heterocycles. The average molecular weight is 432 g/mol. The van der Waals surface area contributed by atoms with Crippen LogP contribution >= 0.6 is 0 Å². The van der Waals surface area contributed by atoms with Crippen LogP contribution < -0.4 is 5.32 Å². The lowest BCUT2D eigenvalue weighted by atomic mass is 9.95. The van der Waals surface area contributed by atoms with Crippen LogP contribution in [-0.2, 0) is 4.79 Å². The van der Waals surface area contributed by atoms with Gasteiger partial charge in [-0.25, -0.2) is 14.4 Å². The van der Waals surface area contributed by atoms with Gasteiger partial charge in [0.15, 0.2) is 0 Å². The van der Waals surface area contributed by atoms with E-state index in [4.69, 9.17) is 9.97 Å². The number of hydrogen-bond acceptors (Lipinski definition) is 5. The Morgan fingerprint density at radius 1 is 1.12 bits per heavy atom. The molecule has 6 nitrogen and oxygen atoms in total. The minimum absolute atomic E-state index is 0.167. The second-order valence-electron chi connectivity index (χ2n) is 8.79. The summed E-state index contributed by atoms with van der Waals surface area (Å²) in [6, 6.07) is 12.0. The monoisotopic (exact) mass is 431 g/mol. The molecule has 0 unspecified atom stereocenters. The molecule has 2 aliphatic rings. The summed E-state index contributed by atoms with van der Waals surface area (Å²) in [5.74, 6) is 2.27. The lowest BCUT2D eigenvalue weighted by Gasteiger charge is -2.31. The second kappa shape index (κ2) is 8.65. The number of nitrogens with zero attached hydrogens (tertiary/aromatic N) is 4. The highest BCUT2D eigenvalue weighted by Gasteiger charge is 2.42. The maximum atomic E-state index is 13.7. The fourth-order valence-electron chi connectivity index (χ4n) is 4.35. The zero-order valence-electron chi connectivity index (χ0n) is 18.0. The molecular weight excluding hydrogens is 405 g/mol. The van der Waals surface area contributed by atoms with Crippen LogP contribution in [0.5, 0.6) is 0 Å². The molecule has 3 heterocycles. The summed E-state index contributed by atoms with van der Waals surface area (Å²) in [5, 5.41) is 3.21. The normalized spacial score (nSPS) is 20.8. The highest BCUT2D eigenvalue weighted by atomic mass is 19.1. The third-order valence-electron chi connectivity index (χ3n) is 6.40. The highest BCUT2D eigenvalue weighted by Crippen LogP contribution is 2.40. The maximum absolute atomic E-state index is 13.7. The van der Waals surface area contributed by atoms with Gasteiger partial charge in [0.1, 0.15) is 17.5 Å². The largest absolute Gasteiger partial charge is 0.342 e. The van der Waals surface area contributed by atoms with Crippen LogP contribution in [0.1, 0.15) is 37.9 Å². The van der Waals surface area contributed by atoms with Gasteiger partial charge in [0.2, 0.25) is 5.91 Å². The van der Waals surface area contributed by atoms with Crippen LogP contribution in [0.25, 0.3) is 11.3 Å². The van der Waals surface area contributed by atoms with Gasteiger partial charge < -0.3 is 10.2 Å². The molecule has 1 aliphatic heterocycles. The van der Waals surface area contributed by atoms with E-state index in [9.17, 15) is 9.18 Å². The molecule has 5 rings (SSSR count). The summed E-state index contributed by atoms with van der Waals surface area (Å²) in [5.41, 5.74) is 2.30. The van der Waals surface area contributed by atoms with Crippen molar-refractivity contribution < 1.29 is 9.18 Å². The van der Waals surface area contributed by atoms with Crippen LogP contribution in [0.15, 0.2) is 54.9 Å². The van der Waals surface area contributed by atoms with E-state index in [0.717, 1.165) is 49.4 Å². The first kappa shape index (κ1) is 20.5. The fraction of sp³-hybridized carbons (Fsp3) is 0.360. The predicted octanol–water partition coefficient (Wildman–Crippen LogP) is 4.78. The van der Waals surface area contributed by atoms with Crippen molar-refractivity contribution in [3.63, 3.8) is 0 Å². The number of nitrogens with one attached hydrogen (secondary N) is 1. The lowest BCUT2D eigenvalue weighted by Crippen LogP contribution is -2.39. The van der Waals surface area contributed by atoms with E-state index in [0.29, 0.717) is 23.3 Å². The van der Waals surface area contributed by atoms with Gasteiger partial charge in [0.05, 0.1) is 5.69 Å². The summed E-state index contributed by atoms with van der Waals surface area (Å²) < 4.78 is 13.7. The van der Waals surface area contributed by atoms with Crippen molar-refractivity contribution >= 4 is 17.4 Å². The van der Waals surface area contributed by atoms with E-state index in [2.05, 4.69) is 17.2 Å². The third kappa shape index (κ3) is 4.47. The molecule has 7 heteroatoms. The molecular formula is C25H26FN5O. The van der Waals surface area contributed by atoms with E-state index in [1.54, 1.807) is 24.5 Å². The molecule has 1 amide bonds. The molecule has 3 aromatic rings. The lowest BCUT2D eigenvalue weighted by molar-refractivity contribution is -0.133. The Labute approximate surface area is 186 Å². The van der Waals surface area contributed by atoms with Crippen molar-refractivity contribution in [1.29, 1.82) is 0 Å². The third-order valence-corrected chi connectivity index (χ3v) is 6.40. The number of anilines is 2. The number of carbonyl (C=O) groups is 1. The minimum atomic E-state index is -0.307. The Morgan fingerprint density at radius 2 is 1.94 bits per heavy atom. The van der Waals surface area contributed by atoms with E-state index in [1.165, 1.54) is 12.1 Å². The Balaban J connectivity index is 1.39. The minimum Gasteiger partial charge on any atom is -0.342 e. The summed E-state index contributed by atoms with van der Waals surface area (Å²) in [7, 11) is 0. The first-order valence-electron chi connectivity index (χ1n) is 11.2. The van der Waals surface area contributed by atoms with Crippen LogP contribution in [0.3, 0.4) is 0 Å². The van der Waals surface area contributed by atoms with Gasteiger partial charge in [0.25, 0.3) is 0 Å². The van der Waals surface area contributed by atoms with Crippen molar-refractivity contribution in [3.05, 3.63) is 66.5 Å². The van der Waals surface area contributed by atoms with E-state index in [1.807, 2.05) is 23.1 Å².